The number of carbonyl (C=O) groups excluding carboxylic acids is 1. The molecule has 0 aliphatic carbocycles. The van der Waals surface area contributed by atoms with E-state index in [0.29, 0.717) is 29.4 Å². The van der Waals surface area contributed by atoms with E-state index >= 15 is 0 Å². The van der Waals surface area contributed by atoms with Gasteiger partial charge in [-0.1, -0.05) is 35.0 Å². The lowest BCUT2D eigenvalue weighted by Crippen LogP contribution is -2.40. The van der Waals surface area contributed by atoms with Crippen LogP contribution in [0.2, 0.25) is 5.02 Å². The molecular weight excluding hydrogens is 380 g/mol. The van der Waals surface area contributed by atoms with Gasteiger partial charge in [0.15, 0.2) is 0 Å². The predicted molar refractivity (Wildman–Crippen MR) is 107 cm³/mol. The third-order valence-corrected chi connectivity index (χ3v) is 5.16. The summed E-state index contributed by atoms with van der Waals surface area (Å²) in [5.74, 6) is 0.484. The Kier molecular flexibility index (Phi) is 5.24. The highest BCUT2D eigenvalue weighted by molar-refractivity contribution is 6.34. The van der Waals surface area contributed by atoms with Crippen LogP contribution >= 0.6 is 11.6 Å². The molecule has 1 amide bonds. The van der Waals surface area contributed by atoms with Crippen molar-refractivity contribution >= 4 is 28.9 Å². The number of carbonyl (C=O) groups is 1. The van der Waals surface area contributed by atoms with Crippen LogP contribution in [0.1, 0.15) is 25.3 Å². The highest BCUT2D eigenvalue weighted by Crippen LogP contribution is 2.30. The number of hydrogen-bond acceptors (Lipinski definition) is 5. The van der Waals surface area contributed by atoms with Crippen molar-refractivity contribution in [2.75, 3.05) is 18.5 Å². The second kappa shape index (κ2) is 7.81. The zero-order valence-electron chi connectivity index (χ0n) is 15.5. The molecule has 2 aromatic rings. The van der Waals surface area contributed by atoms with Crippen molar-refractivity contribution in [1.82, 2.24) is 0 Å². The summed E-state index contributed by atoms with van der Waals surface area (Å²) >= 11 is 6.23. The Hall–Kier alpha value is -2.57. The molecule has 0 radical (unpaired) electrons. The SMILES string of the molecule is C[C@@]1(C(=O)Nc2ccc(O[C@H]3CCOC3)cc2)CC(c2ccccc2Cl)=NO1. The van der Waals surface area contributed by atoms with E-state index in [-0.39, 0.29) is 12.0 Å². The largest absolute Gasteiger partial charge is 0.488 e. The molecular formula is C21H21ClN2O4. The van der Waals surface area contributed by atoms with Crippen molar-refractivity contribution in [1.29, 1.82) is 0 Å². The maximum Gasteiger partial charge on any atom is 0.271 e. The van der Waals surface area contributed by atoms with Gasteiger partial charge in [0.1, 0.15) is 11.9 Å². The molecule has 0 bridgehead atoms. The maximum atomic E-state index is 12.8. The fraction of sp³-hybridized carbons (Fsp3) is 0.333. The summed E-state index contributed by atoms with van der Waals surface area (Å²) in [4.78, 5) is 18.3. The normalized spacial score (nSPS) is 23.8. The van der Waals surface area contributed by atoms with Gasteiger partial charge in [0, 0.05) is 29.1 Å². The zero-order chi connectivity index (χ0) is 19.6. The van der Waals surface area contributed by atoms with Crippen LogP contribution in [0.4, 0.5) is 5.69 Å². The van der Waals surface area contributed by atoms with Gasteiger partial charge in [0.05, 0.1) is 18.9 Å². The second-order valence-electron chi connectivity index (χ2n) is 7.10. The van der Waals surface area contributed by atoms with Gasteiger partial charge in [-0.2, -0.15) is 0 Å². The summed E-state index contributed by atoms with van der Waals surface area (Å²) in [6, 6.07) is 14.6. The zero-order valence-corrected chi connectivity index (χ0v) is 16.2. The number of ether oxygens (including phenoxy) is 2. The minimum absolute atomic E-state index is 0.0895. The minimum Gasteiger partial charge on any atom is -0.488 e. The second-order valence-corrected chi connectivity index (χ2v) is 7.51. The summed E-state index contributed by atoms with van der Waals surface area (Å²) in [6.45, 7) is 3.06. The highest BCUT2D eigenvalue weighted by atomic mass is 35.5. The van der Waals surface area contributed by atoms with Gasteiger partial charge in [-0.15, -0.1) is 0 Å². The number of nitrogens with one attached hydrogen (secondary N) is 1. The van der Waals surface area contributed by atoms with Crippen molar-refractivity contribution in [2.45, 2.75) is 31.5 Å². The lowest BCUT2D eigenvalue weighted by atomic mass is 9.95. The molecule has 0 unspecified atom stereocenters. The summed E-state index contributed by atoms with van der Waals surface area (Å²) < 4.78 is 11.1. The topological polar surface area (TPSA) is 69.2 Å². The number of oxime groups is 1. The number of rotatable bonds is 5. The Morgan fingerprint density at radius 3 is 2.75 bits per heavy atom. The molecule has 7 heteroatoms. The first kappa shape index (κ1) is 18.8. The Morgan fingerprint density at radius 1 is 1.25 bits per heavy atom. The number of nitrogens with zero attached hydrogens (tertiary/aromatic N) is 1. The summed E-state index contributed by atoms with van der Waals surface area (Å²) in [7, 11) is 0. The van der Waals surface area contributed by atoms with Crippen molar-refractivity contribution < 1.29 is 19.1 Å². The summed E-state index contributed by atoms with van der Waals surface area (Å²) in [5.41, 5.74) is 1.00. The lowest BCUT2D eigenvalue weighted by molar-refractivity contribution is -0.135. The third kappa shape index (κ3) is 3.98. The summed E-state index contributed by atoms with van der Waals surface area (Å²) in [5, 5.41) is 7.56. The molecule has 1 fully saturated rings. The minimum atomic E-state index is -1.09. The molecule has 1 saturated heterocycles. The first-order chi connectivity index (χ1) is 13.5. The molecule has 0 aromatic heterocycles. The van der Waals surface area contributed by atoms with Gasteiger partial charge >= 0.3 is 0 Å². The first-order valence-electron chi connectivity index (χ1n) is 9.19. The molecule has 146 valence electrons. The molecule has 2 atom stereocenters. The Bertz CT molecular complexity index is 894. The van der Waals surface area contributed by atoms with Gasteiger partial charge in [0.2, 0.25) is 5.60 Å². The van der Waals surface area contributed by atoms with Crippen LogP contribution in [-0.4, -0.2) is 36.5 Å². The van der Waals surface area contributed by atoms with E-state index in [1.807, 2.05) is 30.3 Å². The molecule has 1 N–H and O–H groups in total. The van der Waals surface area contributed by atoms with Crippen LogP contribution in [0.15, 0.2) is 53.7 Å². The third-order valence-electron chi connectivity index (χ3n) is 4.83. The Labute approximate surface area is 168 Å². The van der Waals surface area contributed by atoms with E-state index in [4.69, 9.17) is 25.9 Å². The van der Waals surface area contributed by atoms with Crippen LogP contribution in [0.5, 0.6) is 5.75 Å². The van der Waals surface area contributed by atoms with Gasteiger partial charge in [-0.25, -0.2) is 0 Å². The molecule has 6 nitrogen and oxygen atoms in total. The van der Waals surface area contributed by atoms with Gasteiger partial charge in [-0.3, -0.25) is 4.79 Å². The fourth-order valence-corrected chi connectivity index (χ4v) is 3.42. The number of anilines is 1. The van der Waals surface area contributed by atoms with Crippen LogP contribution in [0.25, 0.3) is 0 Å². The van der Waals surface area contributed by atoms with Crippen LogP contribution < -0.4 is 10.1 Å². The standard InChI is InChI=1S/C21H21ClN2O4/c1-21(12-19(24-28-21)17-4-2-3-5-18(17)22)20(25)23-14-6-8-15(9-7-14)27-16-10-11-26-13-16/h2-9,16H,10-13H2,1H3,(H,23,25)/t16-,21-/m0/s1. The molecule has 2 aromatic carbocycles. The number of benzene rings is 2. The number of halogens is 1. The smallest absolute Gasteiger partial charge is 0.271 e. The van der Waals surface area contributed by atoms with Crippen molar-refractivity contribution in [2.24, 2.45) is 5.16 Å². The highest BCUT2D eigenvalue weighted by Gasteiger charge is 2.42. The predicted octanol–water partition coefficient (Wildman–Crippen LogP) is 4.03. The molecule has 28 heavy (non-hydrogen) atoms. The molecule has 2 heterocycles. The van der Waals surface area contributed by atoms with E-state index in [2.05, 4.69) is 10.5 Å². The van der Waals surface area contributed by atoms with Crippen LogP contribution in [0.3, 0.4) is 0 Å². The van der Waals surface area contributed by atoms with E-state index in [9.17, 15) is 4.79 Å². The average molecular weight is 401 g/mol. The maximum absolute atomic E-state index is 12.8. The van der Waals surface area contributed by atoms with E-state index < -0.39 is 5.60 Å². The molecule has 0 spiro atoms. The average Bonchev–Trinajstić information content (AvgIpc) is 3.34. The Balaban J connectivity index is 1.37. The molecule has 2 aliphatic rings. The van der Waals surface area contributed by atoms with Crippen molar-refractivity contribution in [3.05, 3.63) is 59.1 Å². The van der Waals surface area contributed by atoms with E-state index in [0.717, 1.165) is 24.3 Å². The quantitative estimate of drug-likeness (QED) is 0.822. The van der Waals surface area contributed by atoms with E-state index in [1.54, 1.807) is 25.1 Å². The Morgan fingerprint density at radius 2 is 2.04 bits per heavy atom. The van der Waals surface area contributed by atoms with Crippen molar-refractivity contribution in [3.8, 4) is 5.75 Å². The van der Waals surface area contributed by atoms with Crippen molar-refractivity contribution in [3.63, 3.8) is 0 Å². The van der Waals surface area contributed by atoms with Gasteiger partial charge in [0.25, 0.3) is 5.91 Å². The first-order valence-corrected chi connectivity index (χ1v) is 9.57. The van der Waals surface area contributed by atoms with Gasteiger partial charge < -0.3 is 19.6 Å². The van der Waals surface area contributed by atoms with E-state index in [1.165, 1.54) is 0 Å². The lowest BCUT2D eigenvalue weighted by Gasteiger charge is -2.20. The van der Waals surface area contributed by atoms with Crippen LogP contribution in [0, 0.1) is 0 Å². The fourth-order valence-electron chi connectivity index (χ4n) is 3.18. The molecule has 0 saturated carbocycles. The molecule has 2 aliphatic heterocycles. The summed E-state index contributed by atoms with van der Waals surface area (Å²) in [6.07, 6.45) is 1.32. The monoisotopic (exact) mass is 400 g/mol. The number of amides is 1. The molecule has 4 rings (SSSR count). The number of hydrogen-bond donors (Lipinski definition) is 1. The van der Waals surface area contributed by atoms with Gasteiger partial charge in [-0.05, 0) is 37.3 Å². The van der Waals surface area contributed by atoms with Crippen LogP contribution in [-0.2, 0) is 14.4 Å².